The Morgan fingerprint density at radius 3 is 3.00 bits per heavy atom. The fraction of sp³-hybridized carbons (Fsp3) is 0.467. The maximum atomic E-state index is 9.12. The lowest BCUT2D eigenvalue weighted by Crippen LogP contribution is -2.31. The van der Waals surface area contributed by atoms with Crippen molar-refractivity contribution in [2.45, 2.75) is 19.0 Å². The highest BCUT2D eigenvalue weighted by Crippen LogP contribution is 2.20. The largest absolute Gasteiger partial charge is 0.396 e. The molecule has 2 N–H and O–H groups in total. The molecule has 0 radical (unpaired) electrons. The number of nitrogens with zero attached hydrogens (tertiary/aromatic N) is 3. The van der Waals surface area contributed by atoms with Crippen molar-refractivity contribution in [2.75, 3.05) is 18.6 Å². The van der Waals surface area contributed by atoms with Crippen LogP contribution in [0.5, 0.6) is 0 Å². The molecule has 0 saturated carbocycles. The van der Waals surface area contributed by atoms with E-state index in [1.54, 1.807) is 18.0 Å². The number of aryl methyl sites for hydroxylation is 1. The number of aromatic nitrogens is 3. The van der Waals surface area contributed by atoms with E-state index in [0.717, 1.165) is 35.5 Å². The molecule has 0 spiro atoms. The first-order chi connectivity index (χ1) is 10.2. The molecule has 0 bridgehead atoms. The van der Waals surface area contributed by atoms with Gasteiger partial charge in [0.15, 0.2) is 0 Å². The number of hydrogen-bond donors (Lipinski definition) is 2. The van der Waals surface area contributed by atoms with Gasteiger partial charge in [0.1, 0.15) is 0 Å². The highest BCUT2D eigenvalue weighted by molar-refractivity contribution is 7.98. The van der Waals surface area contributed by atoms with E-state index in [1.807, 2.05) is 36.3 Å². The number of hydrogen-bond acceptors (Lipinski definition) is 5. The van der Waals surface area contributed by atoms with Crippen molar-refractivity contribution in [3.8, 4) is 11.3 Å². The van der Waals surface area contributed by atoms with E-state index in [1.165, 1.54) is 0 Å². The Balaban J connectivity index is 2.10. The van der Waals surface area contributed by atoms with E-state index in [2.05, 4.69) is 21.7 Å². The lowest BCUT2D eigenvalue weighted by atomic mass is 10.1. The fourth-order valence-electron chi connectivity index (χ4n) is 2.27. The maximum absolute atomic E-state index is 9.12. The molecule has 6 heteroatoms. The van der Waals surface area contributed by atoms with E-state index < -0.39 is 0 Å². The van der Waals surface area contributed by atoms with Crippen LogP contribution in [-0.2, 0) is 13.6 Å². The summed E-state index contributed by atoms with van der Waals surface area (Å²) in [6.07, 6.45) is 8.48. The molecule has 2 aromatic heterocycles. The zero-order chi connectivity index (χ0) is 15.1. The zero-order valence-corrected chi connectivity index (χ0v) is 13.3. The van der Waals surface area contributed by atoms with Crippen molar-refractivity contribution in [2.24, 2.45) is 7.05 Å². The summed E-state index contributed by atoms with van der Waals surface area (Å²) in [5, 5.41) is 17.2. The third kappa shape index (κ3) is 4.56. The minimum Gasteiger partial charge on any atom is -0.396 e. The normalized spacial score (nSPS) is 12.5. The van der Waals surface area contributed by atoms with Gasteiger partial charge in [-0.3, -0.25) is 9.67 Å². The molecule has 2 heterocycles. The molecule has 0 amide bonds. The first-order valence-electron chi connectivity index (χ1n) is 7.00. The highest BCUT2D eigenvalue weighted by Gasteiger charge is 2.12. The lowest BCUT2D eigenvalue weighted by molar-refractivity contribution is 0.270. The van der Waals surface area contributed by atoms with Crippen molar-refractivity contribution < 1.29 is 5.11 Å². The van der Waals surface area contributed by atoms with Crippen LogP contribution in [0.2, 0.25) is 0 Å². The Labute approximate surface area is 129 Å². The SMILES string of the molecule is CSCC(CCO)NCc1cn(C)nc1-c1cccnc1. The van der Waals surface area contributed by atoms with Gasteiger partial charge in [-0.15, -0.1) is 0 Å². The fourth-order valence-corrected chi connectivity index (χ4v) is 2.96. The molecule has 1 atom stereocenters. The molecule has 2 aromatic rings. The summed E-state index contributed by atoms with van der Waals surface area (Å²) < 4.78 is 1.83. The summed E-state index contributed by atoms with van der Waals surface area (Å²) in [5.41, 5.74) is 3.14. The van der Waals surface area contributed by atoms with Crippen molar-refractivity contribution >= 4 is 11.8 Å². The molecule has 0 saturated heterocycles. The summed E-state index contributed by atoms with van der Waals surface area (Å²) in [7, 11) is 1.93. The Morgan fingerprint density at radius 1 is 1.48 bits per heavy atom. The van der Waals surface area contributed by atoms with Crippen LogP contribution < -0.4 is 5.32 Å². The van der Waals surface area contributed by atoms with Gasteiger partial charge in [-0.05, 0) is 24.8 Å². The van der Waals surface area contributed by atoms with Gasteiger partial charge in [-0.2, -0.15) is 16.9 Å². The summed E-state index contributed by atoms with van der Waals surface area (Å²) >= 11 is 1.79. The van der Waals surface area contributed by atoms with Crippen molar-refractivity contribution in [1.82, 2.24) is 20.1 Å². The average molecular weight is 306 g/mol. The summed E-state index contributed by atoms with van der Waals surface area (Å²) in [6, 6.07) is 4.25. The van der Waals surface area contributed by atoms with Crippen LogP contribution in [0.25, 0.3) is 11.3 Å². The van der Waals surface area contributed by atoms with E-state index in [4.69, 9.17) is 5.11 Å². The van der Waals surface area contributed by atoms with Crippen LogP contribution in [0.4, 0.5) is 0 Å². The van der Waals surface area contributed by atoms with Gasteiger partial charge in [0.25, 0.3) is 0 Å². The highest BCUT2D eigenvalue weighted by atomic mass is 32.2. The van der Waals surface area contributed by atoms with Crippen molar-refractivity contribution in [1.29, 1.82) is 0 Å². The molecule has 0 aliphatic rings. The minimum absolute atomic E-state index is 0.209. The van der Waals surface area contributed by atoms with Gasteiger partial charge >= 0.3 is 0 Å². The van der Waals surface area contributed by atoms with Crippen LogP contribution in [0.3, 0.4) is 0 Å². The molecule has 21 heavy (non-hydrogen) atoms. The summed E-state index contributed by atoms with van der Waals surface area (Å²) in [6.45, 7) is 0.948. The second-order valence-electron chi connectivity index (χ2n) is 4.96. The maximum Gasteiger partial charge on any atom is 0.0983 e. The topological polar surface area (TPSA) is 63.0 Å². The second kappa shape index (κ2) is 8.17. The minimum atomic E-state index is 0.209. The lowest BCUT2D eigenvalue weighted by Gasteiger charge is -2.16. The molecule has 114 valence electrons. The first kappa shape index (κ1) is 16.0. The van der Waals surface area contributed by atoms with Gasteiger partial charge in [-0.1, -0.05) is 0 Å². The number of thioether (sulfide) groups is 1. The molecule has 2 rings (SSSR count). The first-order valence-corrected chi connectivity index (χ1v) is 8.40. The van der Waals surface area contributed by atoms with Crippen LogP contribution in [0.15, 0.2) is 30.7 Å². The van der Waals surface area contributed by atoms with Crippen LogP contribution in [0, 0.1) is 0 Å². The Bertz CT molecular complexity index is 538. The standard InChI is InChI=1S/C15H22N4OS/c1-19-10-13(9-17-14(5-7-20)11-21-2)15(18-19)12-4-3-6-16-8-12/h3-4,6,8,10,14,17,20H,5,7,9,11H2,1-2H3. The van der Waals surface area contributed by atoms with Crippen LogP contribution in [-0.4, -0.2) is 44.5 Å². The number of nitrogens with one attached hydrogen (secondary N) is 1. The van der Waals surface area contributed by atoms with E-state index in [0.29, 0.717) is 6.04 Å². The van der Waals surface area contributed by atoms with Crippen LogP contribution in [0.1, 0.15) is 12.0 Å². The van der Waals surface area contributed by atoms with Gasteiger partial charge in [-0.25, -0.2) is 0 Å². The van der Waals surface area contributed by atoms with Gasteiger partial charge < -0.3 is 10.4 Å². The summed E-state index contributed by atoms with van der Waals surface area (Å²) in [5.74, 6) is 0.989. The number of pyridine rings is 1. The Kier molecular flexibility index (Phi) is 6.22. The predicted molar refractivity (Wildman–Crippen MR) is 87.2 cm³/mol. The molecule has 0 fully saturated rings. The molecular weight excluding hydrogens is 284 g/mol. The molecule has 1 unspecified atom stereocenters. The predicted octanol–water partition coefficient (Wildman–Crippen LogP) is 1.69. The van der Waals surface area contributed by atoms with E-state index >= 15 is 0 Å². The quantitative estimate of drug-likeness (QED) is 0.777. The molecule has 0 aliphatic carbocycles. The molecular formula is C15H22N4OS. The Hall–Kier alpha value is -1.37. The zero-order valence-electron chi connectivity index (χ0n) is 12.5. The third-order valence-corrected chi connectivity index (χ3v) is 4.00. The average Bonchev–Trinajstić information content (AvgIpc) is 2.87. The number of rotatable bonds is 8. The molecule has 0 aliphatic heterocycles. The van der Waals surface area contributed by atoms with Gasteiger partial charge in [0.05, 0.1) is 5.69 Å². The summed E-state index contributed by atoms with van der Waals surface area (Å²) in [4.78, 5) is 4.16. The monoisotopic (exact) mass is 306 g/mol. The van der Waals surface area contributed by atoms with Crippen molar-refractivity contribution in [3.63, 3.8) is 0 Å². The van der Waals surface area contributed by atoms with Gasteiger partial charge in [0, 0.05) is 61.7 Å². The van der Waals surface area contributed by atoms with E-state index in [9.17, 15) is 0 Å². The van der Waals surface area contributed by atoms with Gasteiger partial charge in [0.2, 0.25) is 0 Å². The smallest absolute Gasteiger partial charge is 0.0983 e. The third-order valence-electron chi connectivity index (χ3n) is 3.27. The second-order valence-corrected chi connectivity index (χ2v) is 5.87. The van der Waals surface area contributed by atoms with Crippen molar-refractivity contribution in [3.05, 3.63) is 36.3 Å². The number of aliphatic hydroxyl groups excluding tert-OH is 1. The number of aliphatic hydroxyl groups is 1. The van der Waals surface area contributed by atoms with E-state index in [-0.39, 0.29) is 6.61 Å². The Morgan fingerprint density at radius 2 is 2.33 bits per heavy atom. The molecule has 0 aromatic carbocycles. The van der Waals surface area contributed by atoms with Crippen LogP contribution >= 0.6 is 11.8 Å². The molecule has 5 nitrogen and oxygen atoms in total.